The van der Waals surface area contributed by atoms with E-state index in [4.69, 9.17) is 4.74 Å². The molecule has 0 saturated carbocycles. The number of nitrogens with zero attached hydrogens (tertiary/aromatic N) is 3. The molecule has 1 aliphatic heterocycles. The first-order valence-corrected chi connectivity index (χ1v) is 7.79. The third-order valence-electron chi connectivity index (χ3n) is 3.66. The number of carbonyl (C=O) groups excluding carboxylic acids is 1. The third kappa shape index (κ3) is 5.58. The smallest absolute Gasteiger partial charge is 0.246 e. The molecule has 1 amide bonds. The number of carbonyl (C=O) groups is 1. The highest BCUT2D eigenvalue weighted by molar-refractivity contribution is 5.91. The van der Waals surface area contributed by atoms with Gasteiger partial charge in [-0.2, -0.15) is 0 Å². The molecule has 0 aliphatic carbocycles. The first kappa shape index (κ1) is 16.6. The van der Waals surface area contributed by atoms with Crippen molar-refractivity contribution < 1.29 is 9.53 Å². The van der Waals surface area contributed by atoms with E-state index in [9.17, 15) is 4.79 Å². The minimum atomic E-state index is 0.0167. The van der Waals surface area contributed by atoms with E-state index < -0.39 is 0 Å². The fourth-order valence-electron chi connectivity index (χ4n) is 2.38. The average molecular weight is 303 g/mol. The molecule has 1 aromatic heterocycles. The maximum absolute atomic E-state index is 12.5. The molecule has 1 aliphatic rings. The van der Waals surface area contributed by atoms with E-state index in [0.29, 0.717) is 13.1 Å². The molecule has 0 bridgehead atoms. The van der Waals surface area contributed by atoms with Crippen LogP contribution < -0.4 is 0 Å². The van der Waals surface area contributed by atoms with E-state index in [1.165, 1.54) is 0 Å². The van der Waals surface area contributed by atoms with Crippen molar-refractivity contribution in [3.05, 3.63) is 36.2 Å². The van der Waals surface area contributed by atoms with Crippen molar-refractivity contribution >= 4 is 12.0 Å². The van der Waals surface area contributed by atoms with Crippen LogP contribution in [-0.2, 0) is 9.53 Å². The van der Waals surface area contributed by atoms with E-state index in [2.05, 4.69) is 9.88 Å². The maximum atomic E-state index is 12.5. The largest absolute Gasteiger partial charge is 0.376 e. The Kier molecular flexibility index (Phi) is 6.55. The summed E-state index contributed by atoms with van der Waals surface area (Å²) in [6.45, 7) is 3.03. The Hall–Kier alpha value is -1.72. The molecule has 1 unspecified atom stereocenters. The van der Waals surface area contributed by atoms with Gasteiger partial charge in [-0.15, -0.1) is 0 Å². The van der Waals surface area contributed by atoms with Crippen LogP contribution in [0.25, 0.3) is 6.08 Å². The summed E-state index contributed by atoms with van der Waals surface area (Å²) in [7, 11) is 4.02. The lowest BCUT2D eigenvalue weighted by Gasteiger charge is -2.25. The summed E-state index contributed by atoms with van der Waals surface area (Å²) in [5, 5.41) is 0. The summed E-state index contributed by atoms with van der Waals surface area (Å²) < 4.78 is 5.66. The summed E-state index contributed by atoms with van der Waals surface area (Å²) >= 11 is 0. The van der Waals surface area contributed by atoms with Crippen LogP contribution in [0.15, 0.2) is 30.5 Å². The molecule has 5 nitrogen and oxygen atoms in total. The second-order valence-corrected chi connectivity index (χ2v) is 5.81. The van der Waals surface area contributed by atoms with Gasteiger partial charge in [0.2, 0.25) is 5.91 Å². The molecule has 1 fully saturated rings. The third-order valence-corrected chi connectivity index (χ3v) is 3.66. The van der Waals surface area contributed by atoms with Crippen LogP contribution in [0, 0.1) is 0 Å². The van der Waals surface area contributed by atoms with Gasteiger partial charge in [0.1, 0.15) is 0 Å². The highest BCUT2D eigenvalue weighted by atomic mass is 16.5. The van der Waals surface area contributed by atoms with Gasteiger partial charge in [-0.1, -0.05) is 6.07 Å². The Labute approximate surface area is 132 Å². The summed E-state index contributed by atoms with van der Waals surface area (Å²) in [5.41, 5.74) is 0.792. The number of amides is 1. The van der Waals surface area contributed by atoms with Gasteiger partial charge in [-0.3, -0.25) is 9.78 Å². The van der Waals surface area contributed by atoms with Crippen molar-refractivity contribution in [3.8, 4) is 0 Å². The fourth-order valence-corrected chi connectivity index (χ4v) is 2.38. The zero-order valence-electron chi connectivity index (χ0n) is 13.4. The first-order valence-electron chi connectivity index (χ1n) is 7.79. The molecule has 2 rings (SSSR count). The quantitative estimate of drug-likeness (QED) is 0.719. The Balaban J connectivity index is 1.95. The van der Waals surface area contributed by atoms with Crippen LogP contribution in [0.2, 0.25) is 0 Å². The van der Waals surface area contributed by atoms with E-state index in [1.807, 2.05) is 37.2 Å². The van der Waals surface area contributed by atoms with Gasteiger partial charge in [0.15, 0.2) is 0 Å². The number of hydrogen-bond acceptors (Lipinski definition) is 4. The Morgan fingerprint density at radius 2 is 2.27 bits per heavy atom. The van der Waals surface area contributed by atoms with Crippen LogP contribution in [0.3, 0.4) is 0 Å². The standard InChI is InChI=1S/C17H25N3O2/c1-19(2)11-12-20(14-16-7-5-13-22-16)17(21)9-8-15-6-3-4-10-18-15/h3-4,6,8-10,16H,5,7,11-14H2,1-2H3/b9-8+. The number of aromatic nitrogens is 1. The second kappa shape index (κ2) is 8.66. The molecule has 0 N–H and O–H groups in total. The minimum Gasteiger partial charge on any atom is -0.376 e. The molecule has 1 saturated heterocycles. The maximum Gasteiger partial charge on any atom is 0.246 e. The minimum absolute atomic E-state index is 0.0167. The normalized spacial score (nSPS) is 18.2. The van der Waals surface area contributed by atoms with E-state index >= 15 is 0 Å². The van der Waals surface area contributed by atoms with Crippen molar-refractivity contribution in [2.45, 2.75) is 18.9 Å². The molecule has 0 radical (unpaired) electrons. The summed E-state index contributed by atoms with van der Waals surface area (Å²) in [6, 6.07) is 5.65. The molecule has 1 aromatic rings. The molecule has 1 atom stereocenters. The lowest BCUT2D eigenvalue weighted by Crippen LogP contribution is -2.40. The number of pyridine rings is 1. The van der Waals surface area contributed by atoms with Crippen LogP contribution in [-0.4, -0.2) is 67.1 Å². The monoisotopic (exact) mass is 303 g/mol. The van der Waals surface area contributed by atoms with Gasteiger partial charge in [-0.25, -0.2) is 0 Å². The highest BCUT2D eigenvalue weighted by Crippen LogP contribution is 2.13. The molecule has 120 valence electrons. The predicted octanol–water partition coefficient (Wildman–Crippen LogP) is 1.66. The highest BCUT2D eigenvalue weighted by Gasteiger charge is 2.21. The SMILES string of the molecule is CN(C)CCN(CC1CCCO1)C(=O)/C=C/c1ccccn1. The molecule has 0 spiro atoms. The fraction of sp³-hybridized carbons (Fsp3) is 0.529. The van der Waals surface area contributed by atoms with Crippen molar-refractivity contribution in [1.82, 2.24) is 14.8 Å². The van der Waals surface area contributed by atoms with Crippen molar-refractivity contribution in [2.24, 2.45) is 0 Å². The van der Waals surface area contributed by atoms with Gasteiger partial charge in [0.25, 0.3) is 0 Å². The molecule has 5 heteroatoms. The van der Waals surface area contributed by atoms with Crippen molar-refractivity contribution in [1.29, 1.82) is 0 Å². The lowest BCUT2D eigenvalue weighted by atomic mass is 10.2. The van der Waals surface area contributed by atoms with E-state index in [0.717, 1.165) is 31.7 Å². The van der Waals surface area contributed by atoms with Gasteiger partial charge >= 0.3 is 0 Å². The first-order chi connectivity index (χ1) is 10.6. The van der Waals surface area contributed by atoms with Crippen LogP contribution in [0.1, 0.15) is 18.5 Å². The molecular formula is C17H25N3O2. The average Bonchev–Trinajstić information content (AvgIpc) is 3.03. The van der Waals surface area contributed by atoms with E-state index in [-0.39, 0.29) is 12.0 Å². The predicted molar refractivity (Wildman–Crippen MR) is 87.4 cm³/mol. The Bertz CT molecular complexity index is 482. The van der Waals surface area contributed by atoms with Crippen LogP contribution in [0.5, 0.6) is 0 Å². The van der Waals surface area contributed by atoms with Crippen LogP contribution >= 0.6 is 0 Å². The number of hydrogen-bond donors (Lipinski definition) is 0. The molecule has 2 heterocycles. The van der Waals surface area contributed by atoms with Crippen LogP contribution in [0.4, 0.5) is 0 Å². The summed E-state index contributed by atoms with van der Waals surface area (Å²) in [6.07, 6.45) is 7.39. The van der Waals surface area contributed by atoms with Gasteiger partial charge in [0.05, 0.1) is 11.8 Å². The summed E-state index contributed by atoms with van der Waals surface area (Å²) in [4.78, 5) is 20.6. The zero-order chi connectivity index (χ0) is 15.8. The number of likely N-dealkylation sites (N-methyl/N-ethyl adjacent to an activating group) is 1. The Morgan fingerprint density at radius 1 is 1.41 bits per heavy atom. The zero-order valence-corrected chi connectivity index (χ0v) is 13.4. The van der Waals surface area contributed by atoms with E-state index in [1.54, 1.807) is 18.3 Å². The molecule has 22 heavy (non-hydrogen) atoms. The molecular weight excluding hydrogens is 278 g/mol. The van der Waals surface area contributed by atoms with Gasteiger partial charge in [0, 0.05) is 38.5 Å². The second-order valence-electron chi connectivity index (χ2n) is 5.81. The van der Waals surface area contributed by atoms with Gasteiger partial charge < -0.3 is 14.5 Å². The van der Waals surface area contributed by atoms with Gasteiger partial charge in [-0.05, 0) is 45.1 Å². The lowest BCUT2D eigenvalue weighted by molar-refractivity contribution is -0.127. The topological polar surface area (TPSA) is 45.7 Å². The number of ether oxygens (including phenoxy) is 1. The number of rotatable bonds is 7. The summed E-state index contributed by atoms with van der Waals surface area (Å²) in [5.74, 6) is 0.0167. The Morgan fingerprint density at radius 3 is 2.91 bits per heavy atom. The molecule has 0 aromatic carbocycles. The van der Waals surface area contributed by atoms with Crippen molar-refractivity contribution in [3.63, 3.8) is 0 Å². The van der Waals surface area contributed by atoms with Crippen molar-refractivity contribution in [2.75, 3.05) is 40.3 Å².